The first-order chi connectivity index (χ1) is 18.0. The standard InChI is InChI=1S/C25H33N7O4S/c1-3-36-11-7-10-26-24(35)16-13-18(21(34)20(16)33)32-23-19(30-31-32)22(28-25(29-23)37-2)27-17-12-15(17)14-8-5-4-6-9-14/h4-6,8-9,15-18,20-21,33-34H,3,7,10-13H2,1-2H3,(H,26,35)(H,27,28,29). The van der Waals surface area contributed by atoms with Crippen LogP contribution >= 0.6 is 11.8 Å². The number of nitrogens with one attached hydrogen (secondary N) is 2. The summed E-state index contributed by atoms with van der Waals surface area (Å²) in [6.45, 7) is 3.55. The van der Waals surface area contributed by atoms with Crippen LogP contribution in [0.1, 0.15) is 43.7 Å². The lowest BCUT2D eigenvalue weighted by atomic mass is 10.0. The molecule has 11 nitrogen and oxygen atoms in total. The first-order valence-corrected chi connectivity index (χ1v) is 13.9. The summed E-state index contributed by atoms with van der Waals surface area (Å²) in [5, 5.41) is 37.1. The summed E-state index contributed by atoms with van der Waals surface area (Å²) in [6.07, 6.45) is 1.39. The molecule has 1 aromatic carbocycles. The number of anilines is 1. The SMILES string of the molecule is CCOCCCNC(=O)C1CC(n2nnc3c(NC4CC4c4ccccc4)nc(SC)nc32)C(O)C1O. The van der Waals surface area contributed by atoms with Crippen molar-refractivity contribution < 1.29 is 19.7 Å². The van der Waals surface area contributed by atoms with Gasteiger partial charge in [0.2, 0.25) is 5.91 Å². The lowest BCUT2D eigenvalue weighted by molar-refractivity contribution is -0.128. The van der Waals surface area contributed by atoms with E-state index in [2.05, 4.69) is 43.0 Å². The summed E-state index contributed by atoms with van der Waals surface area (Å²) in [5.74, 6) is -0.0550. The number of hydrogen-bond donors (Lipinski definition) is 4. The highest BCUT2D eigenvalue weighted by Crippen LogP contribution is 2.43. The molecule has 2 aliphatic carbocycles. The number of aliphatic hydroxyl groups is 2. The van der Waals surface area contributed by atoms with E-state index in [4.69, 9.17) is 4.74 Å². The maximum atomic E-state index is 12.7. The molecule has 0 spiro atoms. The summed E-state index contributed by atoms with van der Waals surface area (Å²) < 4.78 is 6.82. The zero-order chi connectivity index (χ0) is 25.9. The average molecular weight is 528 g/mol. The highest BCUT2D eigenvalue weighted by Gasteiger charge is 2.47. The van der Waals surface area contributed by atoms with Crippen LogP contribution in [0.15, 0.2) is 35.5 Å². The molecule has 0 radical (unpaired) electrons. The number of carbonyl (C=O) groups excluding carboxylic acids is 1. The van der Waals surface area contributed by atoms with Crippen LogP contribution in [0.25, 0.3) is 11.2 Å². The van der Waals surface area contributed by atoms with Crippen molar-refractivity contribution in [3.63, 3.8) is 0 Å². The van der Waals surface area contributed by atoms with E-state index in [0.29, 0.717) is 54.2 Å². The lowest BCUT2D eigenvalue weighted by Gasteiger charge is -2.17. The fourth-order valence-electron chi connectivity index (χ4n) is 5.00. The molecule has 12 heteroatoms. The molecule has 1 amide bonds. The summed E-state index contributed by atoms with van der Waals surface area (Å²) in [5.41, 5.74) is 2.25. The molecular weight excluding hydrogens is 494 g/mol. The Morgan fingerprint density at radius 2 is 2.00 bits per heavy atom. The number of ether oxygens (including phenoxy) is 1. The molecule has 0 bridgehead atoms. The van der Waals surface area contributed by atoms with Crippen LogP contribution in [-0.4, -0.2) is 85.3 Å². The van der Waals surface area contributed by atoms with Crippen LogP contribution in [0.2, 0.25) is 0 Å². The molecule has 4 N–H and O–H groups in total. The second kappa shape index (κ2) is 11.3. The third kappa shape index (κ3) is 5.42. The predicted octanol–water partition coefficient (Wildman–Crippen LogP) is 1.74. The van der Waals surface area contributed by atoms with Crippen molar-refractivity contribution >= 4 is 34.7 Å². The van der Waals surface area contributed by atoms with E-state index in [0.717, 1.165) is 6.42 Å². The van der Waals surface area contributed by atoms with Gasteiger partial charge in [0.1, 0.15) is 6.10 Å². The van der Waals surface area contributed by atoms with E-state index in [1.807, 2.05) is 31.4 Å². The Balaban J connectivity index is 1.33. The molecular formula is C25H33N7O4S. The van der Waals surface area contributed by atoms with Crippen LogP contribution in [-0.2, 0) is 9.53 Å². The van der Waals surface area contributed by atoms with Gasteiger partial charge in [0.15, 0.2) is 22.1 Å². The van der Waals surface area contributed by atoms with Gasteiger partial charge in [-0.15, -0.1) is 5.10 Å². The van der Waals surface area contributed by atoms with Gasteiger partial charge in [-0.25, -0.2) is 14.6 Å². The first kappa shape index (κ1) is 25.8. The number of amides is 1. The van der Waals surface area contributed by atoms with E-state index in [1.54, 1.807) is 0 Å². The molecule has 5 rings (SSSR count). The highest BCUT2D eigenvalue weighted by atomic mass is 32.2. The fraction of sp³-hybridized carbons (Fsp3) is 0.560. The minimum atomic E-state index is -1.21. The fourth-order valence-corrected chi connectivity index (χ4v) is 5.36. The van der Waals surface area contributed by atoms with Crippen LogP contribution < -0.4 is 10.6 Å². The van der Waals surface area contributed by atoms with Gasteiger partial charge in [-0.2, -0.15) is 0 Å². The van der Waals surface area contributed by atoms with Crippen LogP contribution in [0.5, 0.6) is 0 Å². The summed E-state index contributed by atoms with van der Waals surface area (Å²) in [4.78, 5) is 22.0. The molecule has 2 aliphatic rings. The molecule has 0 aliphatic heterocycles. The minimum absolute atomic E-state index is 0.220. The van der Waals surface area contributed by atoms with Gasteiger partial charge in [-0.1, -0.05) is 47.3 Å². The third-order valence-electron chi connectivity index (χ3n) is 7.10. The van der Waals surface area contributed by atoms with E-state index in [1.165, 1.54) is 22.0 Å². The Morgan fingerprint density at radius 3 is 2.76 bits per heavy atom. The largest absolute Gasteiger partial charge is 0.390 e. The molecule has 6 unspecified atom stereocenters. The van der Waals surface area contributed by atoms with E-state index >= 15 is 0 Å². The maximum absolute atomic E-state index is 12.7. The van der Waals surface area contributed by atoms with Gasteiger partial charge in [0, 0.05) is 31.7 Å². The molecule has 6 atom stereocenters. The average Bonchev–Trinajstić information content (AvgIpc) is 3.46. The Kier molecular flexibility index (Phi) is 7.89. The number of carbonyl (C=O) groups is 1. The van der Waals surface area contributed by atoms with Crippen molar-refractivity contribution in [2.45, 2.75) is 61.6 Å². The van der Waals surface area contributed by atoms with Gasteiger partial charge >= 0.3 is 0 Å². The van der Waals surface area contributed by atoms with Crippen molar-refractivity contribution in [2.24, 2.45) is 5.92 Å². The van der Waals surface area contributed by atoms with E-state index < -0.39 is 24.2 Å². The zero-order valence-corrected chi connectivity index (χ0v) is 21.8. The predicted molar refractivity (Wildman–Crippen MR) is 139 cm³/mol. The summed E-state index contributed by atoms with van der Waals surface area (Å²) in [6, 6.07) is 9.94. The Bertz CT molecular complexity index is 1230. The number of benzene rings is 1. The highest BCUT2D eigenvalue weighted by molar-refractivity contribution is 7.98. The number of rotatable bonds is 11. The summed E-state index contributed by atoms with van der Waals surface area (Å²) in [7, 11) is 0. The van der Waals surface area contributed by atoms with Crippen molar-refractivity contribution in [1.29, 1.82) is 0 Å². The van der Waals surface area contributed by atoms with Gasteiger partial charge in [0.05, 0.1) is 18.1 Å². The number of thioether (sulfide) groups is 1. The monoisotopic (exact) mass is 527 g/mol. The second-order valence-electron chi connectivity index (χ2n) is 9.50. The Hall–Kier alpha value is -2.80. The molecule has 37 heavy (non-hydrogen) atoms. The maximum Gasteiger partial charge on any atom is 0.225 e. The molecule has 2 fully saturated rings. The van der Waals surface area contributed by atoms with Crippen LogP contribution in [0, 0.1) is 5.92 Å². The van der Waals surface area contributed by atoms with Crippen molar-refractivity contribution in [3.8, 4) is 0 Å². The van der Waals surface area contributed by atoms with Gasteiger partial charge in [-0.05, 0) is 38.0 Å². The van der Waals surface area contributed by atoms with Gasteiger partial charge < -0.3 is 25.6 Å². The van der Waals surface area contributed by atoms with Gasteiger partial charge in [-0.3, -0.25) is 4.79 Å². The third-order valence-corrected chi connectivity index (χ3v) is 7.65. The number of aromatic nitrogens is 5. The molecule has 198 valence electrons. The minimum Gasteiger partial charge on any atom is -0.390 e. The van der Waals surface area contributed by atoms with Crippen molar-refractivity contribution in [1.82, 2.24) is 30.3 Å². The zero-order valence-electron chi connectivity index (χ0n) is 20.9. The van der Waals surface area contributed by atoms with Crippen LogP contribution in [0.3, 0.4) is 0 Å². The smallest absolute Gasteiger partial charge is 0.225 e. The lowest BCUT2D eigenvalue weighted by Crippen LogP contribution is -2.38. The van der Waals surface area contributed by atoms with E-state index in [9.17, 15) is 15.0 Å². The second-order valence-corrected chi connectivity index (χ2v) is 10.3. The molecule has 2 heterocycles. The Labute approximate surface area is 219 Å². The van der Waals surface area contributed by atoms with Gasteiger partial charge in [0.25, 0.3) is 0 Å². The number of fused-ring (bicyclic) bond motifs is 1. The normalized spacial score (nSPS) is 26.9. The first-order valence-electron chi connectivity index (χ1n) is 12.7. The van der Waals surface area contributed by atoms with Crippen molar-refractivity contribution in [2.75, 3.05) is 31.3 Å². The molecule has 0 saturated heterocycles. The Morgan fingerprint density at radius 1 is 1.19 bits per heavy atom. The van der Waals surface area contributed by atoms with E-state index in [-0.39, 0.29) is 18.4 Å². The quantitative estimate of drug-likeness (QED) is 0.165. The topological polar surface area (TPSA) is 147 Å². The number of hydrogen-bond acceptors (Lipinski definition) is 10. The van der Waals surface area contributed by atoms with Crippen LogP contribution in [0.4, 0.5) is 5.82 Å². The molecule has 2 aromatic heterocycles. The molecule has 3 aromatic rings. The summed E-state index contributed by atoms with van der Waals surface area (Å²) >= 11 is 1.40. The number of aliphatic hydroxyl groups excluding tert-OH is 2. The number of nitrogens with zero attached hydrogens (tertiary/aromatic N) is 5. The van der Waals surface area contributed by atoms with Crippen molar-refractivity contribution in [3.05, 3.63) is 35.9 Å². The molecule has 2 saturated carbocycles.